The topological polar surface area (TPSA) is 12.0 Å². The van der Waals surface area contributed by atoms with E-state index in [1.807, 2.05) is 0 Å². The van der Waals surface area contributed by atoms with Crippen LogP contribution in [0.25, 0.3) is 0 Å². The molecule has 0 spiro atoms. The second kappa shape index (κ2) is 6.25. The summed E-state index contributed by atoms with van der Waals surface area (Å²) in [5.41, 5.74) is 5.03. The molecule has 2 aromatic rings. The Bertz CT molecular complexity index is 485. The predicted molar refractivity (Wildman–Crippen MR) is 79.5 cm³/mol. The largest absolute Gasteiger partial charge is 0.355 e. The maximum atomic E-state index is 3.46. The number of unbranched alkanes of at least 4 members (excludes halogenated alkanes) is 1. The SMILES string of the molecule is CCCCc1ccc(Nc2ccccc2C)cc1. The zero-order valence-electron chi connectivity index (χ0n) is 11.2. The van der Waals surface area contributed by atoms with Crippen molar-refractivity contribution in [1.29, 1.82) is 0 Å². The number of anilines is 2. The second-order valence-electron chi connectivity index (χ2n) is 4.74. The quantitative estimate of drug-likeness (QED) is 0.767. The minimum absolute atomic E-state index is 1.16. The fourth-order valence-electron chi connectivity index (χ4n) is 2.00. The van der Waals surface area contributed by atoms with Crippen LogP contribution in [0.3, 0.4) is 0 Å². The molecule has 0 unspecified atom stereocenters. The minimum Gasteiger partial charge on any atom is -0.355 e. The smallest absolute Gasteiger partial charge is 0.0413 e. The summed E-state index contributed by atoms with van der Waals surface area (Å²) in [6, 6.07) is 17.1. The van der Waals surface area contributed by atoms with Crippen LogP contribution in [0.2, 0.25) is 0 Å². The van der Waals surface area contributed by atoms with Crippen molar-refractivity contribution in [2.45, 2.75) is 33.1 Å². The van der Waals surface area contributed by atoms with Crippen molar-refractivity contribution in [3.8, 4) is 0 Å². The summed E-state index contributed by atoms with van der Waals surface area (Å²) in [6.07, 6.45) is 3.70. The van der Waals surface area contributed by atoms with E-state index < -0.39 is 0 Å². The highest BCUT2D eigenvalue weighted by Gasteiger charge is 1.98. The van der Waals surface area contributed by atoms with Gasteiger partial charge in [0.05, 0.1) is 0 Å². The van der Waals surface area contributed by atoms with E-state index >= 15 is 0 Å². The van der Waals surface area contributed by atoms with Gasteiger partial charge >= 0.3 is 0 Å². The average Bonchev–Trinajstić information content (AvgIpc) is 2.41. The molecule has 0 atom stereocenters. The molecule has 0 fully saturated rings. The summed E-state index contributed by atoms with van der Waals surface area (Å²) in [7, 11) is 0. The van der Waals surface area contributed by atoms with Crippen molar-refractivity contribution in [3.63, 3.8) is 0 Å². The van der Waals surface area contributed by atoms with Crippen molar-refractivity contribution >= 4 is 11.4 Å². The van der Waals surface area contributed by atoms with E-state index in [-0.39, 0.29) is 0 Å². The second-order valence-corrected chi connectivity index (χ2v) is 4.74. The van der Waals surface area contributed by atoms with Crippen LogP contribution >= 0.6 is 0 Å². The number of benzene rings is 2. The van der Waals surface area contributed by atoms with Crippen LogP contribution in [0.1, 0.15) is 30.9 Å². The molecule has 2 aromatic carbocycles. The Balaban J connectivity index is 2.04. The van der Waals surface area contributed by atoms with E-state index in [0.717, 1.165) is 5.69 Å². The van der Waals surface area contributed by atoms with Gasteiger partial charge in [-0.25, -0.2) is 0 Å². The highest BCUT2D eigenvalue weighted by Crippen LogP contribution is 2.20. The summed E-state index contributed by atoms with van der Waals surface area (Å²) in [5.74, 6) is 0. The standard InChI is InChI=1S/C17H21N/c1-3-4-8-15-10-12-16(13-11-15)18-17-9-6-5-7-14(17)2/h5-7,9-13,18H,3-4,8H2,1-2H3. The highest BCUT2D eigenvalue weighted by molar-refractivity contribution is 5.62. The van der Waals surface area contributed by atoms with Crippen LogP contribution in [-0.2, 0) is 6.42 Å². The molecule has 1 nitrogen and oxygen atoms in total. The summed E-state index contributed by atoms with van der Waals surface area (Å²) >= 11 is 0. The van der Waals surface area contributed by atoms with Gasteiger partial charge in [-0.05, 0) is 49.1 Å². The number of aryl methyl sites for hydroxylation is 2. The van der Waals surface area contributed by atoms with E-state index in [4.69, 9.17) is 0 Å². The molecule has 1 heteroatoms. The van der Waals surface area contributed by atoms with Crippen molar-refractivity contribution in [2.24, 2.45) is 0 Å². The molecular formula is C17H21N. The van der Waals surface area contributed by atoms with Gasteiger partial charge < -0.3 is 5.32 Å². The maximum absolute atomic E-state index is 3.46. The van der Waals surface area contributed by atoms with Crippen molar-refractivity contribution in [1.82, 2.24) is 0 Å². The van der Waals surface area contributed by atoms with E-state index in [1.165, 1.54) is 36.1 Å². The molecule has 0 aliphatic rings. The Morgan fingerprint density at radius 3 is 2.33 bits per heavy atom. The molecule has 18 heavy (non-hydrogen) atoms. The van der Waals surface area contributed by atoms with Gasteiger partial charge in [-0.2, -0.15) is 0 Å². The molecule has 0 amide bonds. The third-order valence-corrected chi connectivity index (χ3v) is 3.20. The van der Waals surface area contributed by atoms with Crippen LogP contribution < -0.4 is 5.32 Å². The number of hydrogen-bond donors (Lipinski definition) is 1. The van der Waals surface area contributed by atoms with E-state index in [0.29, 0.717) is 0 Å². The Morgan fingerprint density at radius 1 is 0.944 bits per heavy atom. The molecule has 0 heterocycles. The van der Waals surface area contributed by atoms with Crippen molar-refractivity contribution in [3.05, 3.63) is 59.7 Å². The Morgan fingerprint density at radius 2 is 1.67 bits per heavy atom. The molecule has 2 rings (SSSR count). The molecule has 0 saturated carbocycles. The van der Waals surface area contributed by atoms with E-state index in [9.17, 15) is 0 Å². The number of para-hydroxylation sites is 1. The predicted octanol–water partition coefficient (Wildman–Crippen LogP) is 5.08. The Hall–Kier alpha value is -1.76. The molecule has 0 saturated heterocycles. The summed E-state index contributed by atoms with van der Waals surface area (Å²) < 4.78 is 0. The molecule has 0 bridgehead atoms. The van der Waals surface area contributed by atoms with Crippen LogP contribution in [0.15, 0.2) is 48.5 Å². The van der Waals surface area contributed by atoms with E-state index in [1.54, 1.807) is 0 Å². The third kappa shape index (κ3) is 3.36. The summed E-state index contributed by atoms with van der Waals surface area (Å²) in [4.78, 5) is 0. The lowest BCUT2D eigenvalue weighted by Gasteiger charge is -2.10. The molecule has 0 aromatic heterocycles. The van der Waals surface area contributed by atoms with Crippen LogP contribution in [0.4, 0.5) is 11.4 Å². The lowest BCUT2D eigenvalue weighted by Crippen LogP contribution is -1.93. The van der Waals surface area contributed by atoms with Gasteiger partial charge in [0, 0.05) is 11.4 Å². The molecule has 1 N–H and O–H groups in total. The van der Waals surface area contributed by atoms with Gasteiger partial charge in [-0.3, -0.25) is 0 Å². The fourth-order valence-corrected chi connectivity index (χ4v) is 2.00. The lowest BCUT2D eigenvalue weighted by molar-refractivity contribution is 0.795. The molecular weight excluding hydrogens is 218 g/mol. The number of rotatable bonds is 5. The first-order chi connectivity index (χ1) is 8.79. The Kier molecular flexibility index (Phi) is 4.40. The molecule has 94 valence electrons. The zero-order valence-corrected chi connectivity index (χ0v) is 11.2. The normalized spacial score (nSPS) is 10.3. The van der Waals surface area contributed by atoms with Gasteiger partial charge in [0.25, 0.3) is 0 Å². The maximum Gasteiger partial charge on any atom is 0.0413 e. The van der Waals surface area contributed by atoms with Gasteiger partial charge in [-0.15, -0.1) is 0 Å². The first-order valence-electron chi connectivity index (χ1n) is 6.71. The minimum atomic E-state index is 1.16. The first kappa shape index (κ1) is 12.7. The van der Waals surface area contributed by atoms with Crippen LogP contribution in [-0.4, -0.2) is 0 Å². The Labute approximate surface area is 110 Å². The van der Waals surface area contributed by atoms with Crippen LogP contribution in [0.5, 0.6) is 0 Å². The van der Waals surface area contributed by atoms with Gasteiger partial charge in [0.2, 0.25) is 0 Å². The van der Waals surface area contributed by atoms with Gasteiger partial charge in [0.1, 0.15) is 0 Å². The third-order valence-electron chi connectivity index (χ3n) is 3.20. The number of nitrogens with one attached hydrogen (secondary N) is 1. The van der Waals surface area contributed by atoms with Crippen molar-refractivity contribution in [2.75, 3.05) is 5.32 Å². The molecule has 0 aliphatic heterocycles. The first-order valence-corrected chi connectivity index (χ1v) is 6.71. The van der Waals surface area contributed by atoms with Crippen LogP contribution in [0, 0.1) is 6.92 Å². The zero-order chi connectivity index (χ0) is 12.8. The van der Waals surface area contributed by atoms with Gasteiger partial charge in [0.15, 0.2) is 0 Å². The summed E-state index contributed by atoms with van der Waals surface area (Å²) in [5, 5.41) is 3.46. The summed E-state index contributed by atoms with van der Waals surface area (Å²) in [6.45, 7) is 4.35. The molecule has 0 aliphatic carbocycles. The fraction of sp³-hybridized carbons (Fsp3) is 0.294. The van der Waals surface area contributed by atoms with Crippen molar-refractivity contribution < 1.29 is 0 Å². The highest BCUT2D eigenvalue weighted by atomic mass is 14.9. The average molecular weight is 239 g/mol. The lowest BCUT2D eigenvalue weighted by atomic mass is 10.1. The number of hydrogen-bond acceptors (Lipinski definition) is 1. The van der Waals surface area contributed by atoms with E-state index in [2.05, 4.69) is 67.7 Å². The van der Waals surface area contributed by atoms with Gasteiger partial charge in [-0.1, -0.05) is 43.7 Å². The monoisotopic (exact) mass is 239 g/mol. The molecule has 0 radical (unpaired) electrons.